The molecule has 0 bridgehead atoms. The van der Waals surface area contributed by atoms with Crippen LogP contribution < -0.4 is 0 Å². The van der Waals surface area contributed by atoms with E-state index in [0.29, 0.717) is 0 Å². The highest BCUT2D eigenvalue weighted by atomic mass is 32.2. The molecule has 1 aromatic carbocycles. The molecule has 1 atom stereocenters. The van der Waals surface area contributed by atoms with Gasteiger partial charge in [0.05, 0.1) is 9.82 Å². The monoisotopic (exact) mass is 409 g/mol. The number of nitrogens with zero attached hydrogens (tertiary/aromatic N) is 1. The maximum Gasteiger partial charge on any atom is 0.297 e. The van der Waals surface area contributed by atoms with E-state index >= 15 is 0 Å². The minimum atomic E-state index is -4.18. The third-order valence-corrected chi connectivity index (χ3v) is 7.24. The predicted octanol–water partition coefficient (Wildman–Crippen LogP) is 4.40. The van der Waals surface area contributed by atoms with Crippen LogP contribution in [-0.2, 0) is 19.1 Å². The third kappa shape index (κ3) is 4.97. The molecule has 2 fully saturated rings. The van der Waals surface area contributed by atoms with Gasteiger partial charge in [-0.2, -0.15) is 8.42 Å². The van der Waals surface area contributed by atoms with Crippen molar-refractivity contribution in [3.05, 3.63) is 34.4 Å². The Bertz CT molecular complexity index is 792. The van der Waals surface area contributed by atoms with Crippen molar-refractivity contribution in [3.8, 4) is 0 Å². The van der Waals surface area contributed by atoms with E-state index < -0.39 is 21.1 Å². The second-order valence-electron chi connectivity index (χ2n) is 7.86. The summed E-state index contributed by atoms with van der Waals surface area (Å²) in [4.78, 5) is 23.2. The number of carbonyl (C=O) groups is 1. The molecule has 28 heavy (non-hydrogen) atoms. The van der Waals surface area contributed by atoms with Crippen molar-refractivity contribution in [1.29, 1.82) is 0 Å². The maximum absolute atomic E-state index is 13.2. The van der Waals surface area contributed by atoms with E-state index in [1.165, 1.54) is 0 Å². The van der Waals surface area contributed by atoms with Crippen LogP contribution in [0, 0.1) is 22.0 Å². The van der Waals surface area contributed by atoms with Gasteiger partial charge in [0.15, 0.2) is 5.78 Å². The highest BCUT2D eigenvalue weighted by Crippen LogP contribution is 2.35. The van der Waals surface area contributed by atoms with Crippen molar-refractivity contribution in [2.24, 2.45) is 11.8 Å². The summed E-state index contributed by atoms with van der Waals surface area (Å²) >= 11 is 0. The number of nitro groups is 1. The smallest absolute Gasteiger partial charge is 0.296 e. The van der Waals surface area contributed by atoms with Gasteiger partial charge in [0.1, 0.15) is 6.10 Å². The first kappa shape index (κ1) is 20.9. The van der Waals surface area contributed by atoms with Crippen molar-refractivity contribution in [2.45, 2.75) is 75.2 Å². The summed E-state index contributed by atoms with van der Waals surface area (Å²) in [6.45, 7) is 0. The molecule has 0 N–H and O–H groups in total. The molecule has 154 valence electrons. The van der Waals surface area contributed by atoms with Gasteiger partial charge in [-0.1, -0.05) is 38.5 Å². The van der Waals surface area contributed by atoms with Crippen molar-refractivity contribution in [2.75, 3.05) is 0 Å². The quantitative estimate of drug-likeness (QED) is 0.376. The SMILES string of the molecule is O=C(C1CCCCC1)C(OS(=O)(=O)c1ccc([N+](=O)[O-])cc1)C1CCCCC1. The maximum atomic E-state index is 13.2. The largest absolute Gasteiger partial charge is 0.297 e. The minimum Gasteiger partial charge on any atom is -0.296 e. The average Bonchev–Trinajstić information content (AvgIpc) is 2.73. The predicted molar refractivity (Wildman–Crippen MR) is 103 cm³/mol. The number of nitro benzene ring substituents is 1. The Morgan fingerprint density at radius 2 is 1.50 bits per heavy atom. The van der Waals surface area contributed by atoms with Crippen LogP contribution in [0.25, 0.3) is 0 Å². The second kappa shape index (κ2) is 9.13. The van der Waals surface area contributed by atoms with Crippen LogP contribution in [0.2, 0.25) is 0 Å². The number of benzene rings is 1. The van der Waals surface area contributed by atoms with Crippen molar-refractivity contribution >= 4 is 21.6 Å². The number of non-ortho nitro benzene ring substituents is 1. The molecule has 0 amide bonds. The second-order valence-corrected chi connectivity index (χ2v) is 9.43. The van der Waals surface area contributed by atoms with Gasteiger partial charge in [-0.05, 0) is 43.7 Å². The number of hydrogen-bond acceptors (Lipinski definition) is 6. The van der Waals surface area contributed by atoms with Gasteiger partial charge >= 0.3 is 0 Å². The van der Waals surface area contributed by atoms with Crippen LogP contribution >= 0.6 is 0 Å². The van der Waals surface area contributed by atoms with Crippen LogP contribution in [0.4, 0.5) is 5.69 Å². The zero-order chi connectivity index (χ0) is 20.1. The van der Waals surface area contributed by atoms with E-state index in [4.69, 9.17) is 4.18 Å². The van der Waals surface area contributed by atoms with Crippen LogP contribution in [-0.4, -0.2) is 25.2 Å². The standard InChI is InChI=1S/C20H27NO6S/c22-19(15-7-3-1-4-8-15)20(16-9-5-2-6-10-16)27-28(25,26)18-13-11-17(12-14-18)21(23)24/h11-16,20H,1-10H2. The van der Waals surface area contributed by atoms with Gasteiger partial charge in [0.25, 0.3) is 15.8 Å². The molecule has 2 saturated carbocycles. The number of Topliss-reactive ketones (excluding diaryl/α,β-unsaturated/α-hetero) is 1. The van der Waals surface area contributed by atoms with E-state index in [9.17, 15) is 23.3 Å². The van der Waals surface area contributed by atoms with Crippen LogP contribution in [0.3, 0.4) is 0 Å². The van der Waals surface area contributed by atoms with E-state index in [0.717, 1.165) is 88.5 Å². The Balaban J connectivity index is 1.82. The molecular formula is C20H27NO6S. The molecule has 2 aliphatic carbocycles. The molecule has 0 aliphatic heterocycles. The zero-order valence-electron chi connectivity index (χ0n) is 15.9. The Morgan fingerprint density at radius 3 is 2.04 bits per heavy atom. The van der Waals surface area contributed by atoms with E-state index in [-0.39, 0.29) is 28.2 Å². The molecule has 0 spiro atoms. The molecule has 3 rings (SSSR count). The van der Waals surface area contributed by atoms with E-state index in [2.05, 4.69) is 0 Å². The summed E-state index contributed by atoms with van der Waals surface area (Å²) < 4.78 is 31.2. The average molecular weight is 410 g/mol. The van der Waals surface area contributed by atoms with Crippen LogP contribution in [0.15, 0.2) is 29.2 Å². The summed E-state index contributed by atoms with van der Waals surface area (Å²) in [7, 11) is -4.18. The minimum absolute atomic E-state index is 0.0860. The molecule has 0 aromatic heterocycles. The van der Waals surface area contributed by atoms with Crippen molar-refractivity contribution in [3.63, 3.8) is 0 Å². The number of hydrogen-bond donors (Lipinski definition) is 0. The van der Waals surface area contributed by atoms with Gasteiger partial charge in [0.2, 0.25) is 0 Å². The van der Waals surface area contributed by atoms with Gasteiger partial charge in [0, 0.05) is 18.1 Å². The summed E-state index contributed by atoms with van der Waals surface area (Å²) in [6.07, 6.45) is 8.34. The fraction of sp³-hybridized carbons (Fsp3) is 0.650. The molecule has 1 unspecified atom stereocenters. The van der Waals surface area contributed by atoms with Gasteiger partial charge in [-0.3, -0.25) is 19.1 Å². The Hall–Kier alpha value is -1.80. The van der Waals surface area contributed by atoms with Gasteiger partial charge < -0.3 is 0 Å². The first-order valence-electron chi connectivity index (χ1n) is 10.1. The summed E-state index contributed by atoms with van der Waals surface area (Å²) in [5.74, 6) is -0.305. The van der Waals surface area contributed by atoms with Crippen molar-refractivity contribution in [1.82, 2.24) is 0 Å². The fourth-order valence-corrected chi connectivity index (χ4v) is 5.45. The first-order chi connectivity index (χ1) is 13.4. The molecule has 8 heteroatoms. The highest BCUT2D eigenvalue weighted by Gasteiger charge is 2.38. The van der Waals surface area contributed by atoms with Gasteiger partial charge in [-0.15, -0.1) is 0 Å². The molecule has 2 aliphatic rings. The summed E-state index contributed by atoms with van der Waals surface area (Å²) in [5, 5.41) is 10.8. The lowest BCUT2D eigenvalue weighted by atomic mass is 9.78. The summed E-state index contributed by atoms with van der Waals surface area (Å²) in [5.41, 5.74) is -0.193. The molecule has 7 nitrogen and oxygen atoms in total. The zero-order valence-corrected chi connectivity index (χ0v) is 16.7. The molecule has 0 heterocycles. The third-order valence-electron chi connectivity index (χ3n) is 5.93. The Labute approximate surface area is 165 Å². The molecule has 0 radical (unpaired) electrons. The van der Waals surface area contributed by atoms with Crippen molar-refractivity contribution < 1.29 is 22.3 Å². The molecule has 0 saturated heterocycles. The van der Waals surface area contributed by atoms with E-state index in [1.54, 1.807) is 0 Å². The lowest BCUT2D eigenvalue weighted by molar-refractivity contribution is -0.384. The number of ketones is 1. The van der Waals surface area contributed by atoms with Crippen LogP contribution in [0.5, 0.6) is 0 Å². The Morgan fingerprint density at radius 1 is 0.964 bits per heavy atom. The number of carbonyl (C=O) groups excluding carboxylic acids is 1. The van der Waals surface area contributed by atoms with Gasteiger partial charge in [-0.25, -0.2) is 0 Å². The lowest BCUT2D eigenvalue weighted by Crippen LogP contribution is -2.40. The lowest BCUT2D eigenvalue weighted by Gasteiger charge is -2.32. The highest BCUT2D eigenvalue weighted by molar-refractivity contribution is 7.86. The van der Waals surface area contributed by atoms with E-state index in [1.807, 2.05) is 0 Å². The Kier molecular flexibility index (Phi) is 6.82. The normalized spacial score (nSPS) is 20.6. The fourth-order valence-electron chi connectivity index (χ4n) is 4.34. The molecular weight excluding hydrogens is 382 g/mol. The molecule has 1 aromatic rings. The first-order valence-corrected chi connectivity index (χ1v) is 11.5. The number of rotatable bonds is 7. The topological polar surface area (TPSA) is 104 Å². The van der Waals surface area contributed by atoms with Crippen LogP contribution in [0.1, 0.15) is 64.2 Å². The summed E-state index contributed by atoms with van der Waals surface area (Å²) in [6, 6.07) is 4.59.